The molecule has 0 saturated heterocycles. The summed E-state index contributed by atoms with van der Waals surface area (Å²) in [4.78, 5) is 6.06. The van der Waals surface area contributed by atoms with E-state index < -0.39 is 0 Å². The van der Waals surface area contributed by atoms with Crippen LogP contribution in [0.15, 0.2) is 30.5 Å². The highest BCUT2D eigenvalue weighted by atomic mass is 32.1. The number of hydrogen-bond donors (Lipinski definition) is 2. The van der Waals surface area contributed by atoms with Crippen molar-refractivity contribution >= 4 is 28.1 Å². The summed E-state index contributed by atoms with van der Waals surface area (Å²) in [6.45, 7) is 3.19. The summed E-state index contributed by atoms with van der Waals surface area (Å²) in [5.41, 5.74) is 8.26. The van der Waals surface area contributed by atoms with E-state index in [1.165, 1.54) is 17.4 Å². The zero-order valence-electron chi connectivity index (χ0n) is 11.5. The second-order valence-corrected chi connectivity index (χ2v) is 5.40. The number of likely N-dealkylation sites (N-methyl/N-ethyl adjacent to an activating group) is 1. The molecule has 3 N–H and O–H groups in total. The van der Waals surface area contributed by atoms with Gasteiger partial charge in [-0.25, -0.2) is 0 Å². The lowest BCUT2D eigenvalue weighted by Crippen LogP contribution is -2.34. The average Bonchev–Trinajstić information content (AvgIpc) is 2.80. The molecule has 0 bridgehead atoms. The van der Waals surface area contributed by atoms with E-state index in [0.29, 0.717) is 4.99 Å². The molecule has 0 spiro atoms. The third-order valence-electron chi connectivity index (χ3n) is 3.49. The van der Waals surface area contributed by atoms with Gasteiger partial charge in [0, 0.05) is 22.7 Å². The fourth-order valence-electron chi connectivity index (χ4n) is 2.46. The number of para-hydroxylation sites is 1. The number of nitrogens with zero attached hydrogens (tertiary/aromatic N) is 1. The van der Waals surface area contributed by atoms with Crippen LogP contribution in [0.5, 0.6) is 0 Å². The molecule has 102 valence electrons. The first-order chi connectivity index (χ1) is 9.15. The monoisotopic (exact) mass is 275 g/mol. The molecule has 0 aliphatic rings. The molecule has 2 rings (SSSR count). The lowest BCUT2D eigenvalue weighted by Gasteiger charge is -2.27. The van der Waals surface area contributed by atoms with Crippen LogP contribution in [0, 0.1) is 0 Å². The van der Waals surface area contributed by atoms with Gasteiger partial charge in [-0.1, -0.05) is 43.8 Å². The Balaban J connectivity index is 2.36. The molecule has 4 heteroatoms. The van der Waals surface area contributed by atoms with E-state index in [0.717, 1.165) is 18.5 Å². The molecule has 19 heavy (non-hydrogen) atoms. The highest BCUT2D eigenvalue weighted by Crippen LogP contribution is 2.28. The van der Waals surface area contributed by atoms with E-state index in [1.54, 1.807) is 0 Å². The van der Waals surface area contributed by atoms with Crippen molar-refractivity contribution < 1.29 is 0 Å². The van der Waals surface area contributed by atoms with Crippen LogP contribution in [0.3, 0.4) is 0 Å². The van der Waals surface area contributed by atoms with Crippen molar-refractivity contribution in [2.75, 3.05) is 13.6 Å². The van der Waals surface area contributed by atoms with Gasteiger partial charge in [-0.3, -0.25) is 4.90 Å². The van der Waals surface area contributed by atoms with Gasteiger partial charge < -0.3 is 10.7 Å². The third-order valence-corrected chi connectivity index (χ3v) is 3.71. The molecule has 0 amide bonds. The number of H-pyrrole nitrogens is 1. The van der Waals surface area contributed by atoms with Gasteiger partial charge in [-0.2, -0.15) is 0 Å². The zero-order valence-corrected chi connectivity index (χ0v) is 12.3. The van der Waals surface area contributed by atoms with Gasteiger partial charge in [0.25, 0.3) is 0 Å². The van der Waals surface area contributed by atoms with Crippen molar-refractivity contribution in [3.05, 3.63) is 36.0 Å². The van der Waals surface area contributed by atoms with Crippen LogP contribution in [0.2, 0.25) is 0 Å². The maximum absolute atomic E-state index is 5.97. The number of hydrogen-bond acceptors (Lipinski definition) is 2. The molecule has 0 radical (unpaired) electrons. The number of thiocarbonyl (C=S) groups is 1. The molecular weight excluding hydrogens is 254 g/mol. The SMILES string of the molecule is CCCCN(C)C(C(N)=S)c1c[nH]c2ccccc12. The van der Waals surface area contributed by atoms with E-state index in [-0.39, 0.29) is 6.04 Å². The van der Waals surface area contributed by atoms with Crippen molar-refractivity contribution in [3.63, 3.8) is 0 Å². The summed E-state index contributed by atoms with van der Waals surface area (Å²) in [6.07, 6.45) is 4.34. The van der Waals surface area contributed by atoms with Crippen LogP contribution < -0.4 is 5.73 Å². The van der Waals surface area contributed by atoms with Crippen LogP contribution in [0.1, 0.15) is 31.4 Å². The summed E-state index contributed by atoms with van der Waals surface area (Å²) in [7, 11) is 2.08. The molecule has 1 heterocycles. The Hall–Kier alpha value is -1.39. The minimum Gasteiger partial charge on any atom is -0.392 e. The molecule has 1 aromatic heterocycles. The van der Waals surface area contributed by atoms with Crippen LogP contribution in [-0.2, 0) is 0 Å². The van der Waals surface area contributed by atoms with Gasteiger partial charge in [-0.15, -0.1) is 0 Å². The molecule has 0 aliphatic carbocycles. The molecule has 1 atom stereocenters. The highest BCUT2D eigenvalue weighted by Gasteiger charge is 2.22. The van der Waals surface area contributed by atoms with Gasteiger partial charge in [0.05, 0.1) is 11.0 Å². The largest absolute Gasteiger partial charge is 0.392 e. The number of fused-ring (bicyclic) bond motifs is 1. The Morgan fingerprint density at radius 3 is 2.84 bits per heavy atom. The van der Waals surface area contributed by atoms with Crippen molar-refractivity contribution in [2.24, 2.45) is 5.73 Å². The smallest absolute Gasteiger partial charge is 0.0948 e. The predicted molar refractivity (Wildman–Crippen MR) is 85.4 cm³/mol. The topological polar surface area (TPSA) is 45.0 Å². The maximum Gasteiger partial charge on any atom is 0.0948 e. The van der Waals surface area contributed by atoms with Crippen LogP contribution >= 0.6 is 12.2 Å². The van der Waals surface area contributed by atoms with Crippen molar-refractivity contribution in [1.82, 2.24) is 9.88 Å². The fourth-order valence-corrected chi connectivity index (χ4v) is 2.77. The molecule has 1 aromatic carbocycles. The van der Waals surface area contributed by atoms with Crippen LogP contribution in [-0.4, -0.2) is 28.5 Å². The van der Waals surface area contributed by atoms with Gasteiger partial charge >= 0.3 is 0 Å². The minimum absolute atomic E-state index is 0.00213. The quantitative estimate of drug-likeness (QED) is 0.796. The number of nitrogens with one attached hydrogen (secondary N) is 1. The molecule has 1 unspecified atom stereocenters. The maximum atomic E-state index is 5.97. The Morgan fingerprint density at radius 1 is 1.42 bits per heavy atom. The number of aromatic amines is 1. The van der Waals surface area contributed by atoms with Crippen LogP contribution in [0.4, 0.5) is 0 Å². The average molecular weight is 275 g/mol. The summed E-state index contributed by atoms with van der Waals surface area (Å²) < 4.78 is 0. The van der Waals surface area contributed by atoms with Crippen molar-refractivity contribution in [2.45, 2.75) is 25.8 Å². The van der Waals surface area contributed by atoms with Crippen molar-refractivity contribution in [3.8, 4) is 0 Å². The second kappa shape index (κ2) is 6.17. The molecule has 2 aromatic rings. The van der Waals surface area contributed by atoms with E-state index in [2.05, 4.69) is 36.0 Å². The fraction of sp³-hybridized carbons (Fsp3) is 0.400. The number of nitrogens with two attached hydrogens (primary N) is 1. The molecule has 0 saturated carbocycles. The van der Waals surface area contributed by atoms with Gasteiger partial charge in [0.1, 0.15) is 0 Å². The Morgan fingerprint density at radius 2 is 2.16 bits per heavy atom. The summed E-state index contributed by atoms with van der Waals surface area (Å²) >= 11 is 5.28. The first kappa shape index (κ1) is 14.0. The molecule has 0 fully saturated rings. The zero-order chi connectivity index (χ0) is 13.8. The summed E-state index contributed by atoms with van der Waals surface area (Å²) in [5.74, 6) is 0. The van der Waals surface area contributed by atoms with E-state index in [4.69, 9.17) is 18.0 Å². The number of unbranched alkanes of at least 4 members (excludes halogenated alkanes) is 1. The van der Waals surface area contributed by atoms with E-state index in [1.807, 2.05) is 18.3 Å². The summed E-state index contributed by atoms with van der Waals surface area (Å²) in [6, 6.07) is 8.25. The molecule has 0 aliphatic heterocycles. The van der Waals surface area contributed by atoms with Gasteiger partial charge in [0.15, 0.2) is 0 Å². The molecular formula is C15H21N3S. The normalized spacial score (nSPS) is 13.0. The number of benzene rings is 1. The number of aromatic nitrogens is 1. The summed E-state index contributed by atoms with van der Waals surface area (Å²) in [5, 5.41) is 1.20. The lowest BCUT2D eigenvalue weighted by atomic mass is 10.0. The van der Waals surface area contributed by atoms with Crippen molar-refractivity contribution in [1.29, 1.82) is 0 Å². The minimum atomic E-state index is -0.00213. The number of rotatable bonds is 6. The molecule has 3 nitrogen and oxygen atoms in total. The standard InChI is InChI=1S/C15H21N3S/c1-3-4-9-18(2)14(15(16)19)12-10-17-13-8-6-5-7-11(12)13/h5-8,10,14,17H,3-4,9H2,1-2H3,(H2,16,19). The first-order valence-electron chi connectivity index (χ1n) is 6.70. The van der Waals surface area contributed by atoms with Gasteiger partial charge in [-0.05, 0) is 26.1 Å². The predicted octanol–water partition coefficient (Wildman–Crippen LogP) is 3.23. The third kappa shape index (κ3) is 2.96. The van der Waals surface area contributed by atoms with Crippen LogP contribution in [0.25, 0.3) is 10.9 Å². The highest BCUT2D eigenvalue weighted by molar-refractivity contribution is 7.80. The van der Waals surface area contributed by atoms with E-state index >= 15 is 0 Å². The second-order valence-electron chi connectivity index (χ2n) is 4.93. The Labute approximate surface area is 119 Å². The Bertz CT molecular complexity index is 561. The van der Waals surface area contributed by atoms with Gasteiger partial charge in [0.2, 0.25) is 0 Å². The lowest BCUT2D eigenvalue weighted by molar-refractivity contribution is 0.298. The Kier molecular flexibility index (Phi) is 4.56. The van der Waals surface area contributed by atoms with E-state index in [9.17, 15) is 0 Å². The first-order valence-corrected chi connectivity index (χ1v) is 7.11.